The largest absolute Gasteiger partial charge is 0.452 e. The summed E-state index contributed by atoms with van der Waals surface area (Å²) in [6, 6.07) is 21.3. The van der Waals surface area contributed by atoms with Crippen molar-refractivity contribution in [3.05, 3.63) is 77.9 Å². The van der Waals surface area contributed by atoms with E-state index >= 15 is 0 Å². The van der Waals surface area contributed by atoms with Crippen molar-refractivity contribution in [2.24, 2.45) is 0 Å². The number of nitrogens with one attached hydrogen (secondary N) is 1. The third-order valence-electron chi connectivity index (χ3n) is 4.52. The normalized spacial score (nSPS) is 11.8. The molecule has 3 aromatic rings. The molecular weight excluding hydrogens is 338 g/mol. The van der Waals surface area contributed by atoms with E-state index in [0.717, 1.165) is 22.8 Å². The Kier molecular flexibility index (Phi) is 5.87. The van der Waals surface area contributed by atoms with Crippen molar-refractivity contribution in [3.8, 4) is 0 Å². The van der Waals surface area contributed by atoms with Gasteiger partial charge in [0.25, 0.3) is 5.91 Å². The highest BCUT2D eigenvalue weighted by atomic mass is 16.5. The Labute approximate surface area is 159 Å². The molecule has 0 aromatic heterocycles. The van der Waals surface area contributed by atoms with Crippen molar-refractivity contribution in [1.82, 2.24) is 0 Å². The maximum Gasteiger partial charge on any atom is 0.311 e. The molecule has 0 saturated heterocycles. The number of fused-ring (bicyclic) bond motifs is 1. The van der Waals surface area contributed by atoms with Gasteiger partial charge in [0.05, 0.1) is 6.42 Å². The molecule has 27 heavy (non-hydrogen) atoms. The summed E-state index contributed by atoms with van der Waals surface area (Å²) < 4.78 is 5.33. The lowest BCUT2D eigenvalue weighted by Gasteiger charge is -2.14. The van der Waals surface area contributed by atoms with E-state index in [1.807, 2.05) is 66.7 Å². The van der Waals surface area contributed by atoms with Crippen molar-refractivity contribution in [2.45, 2.75) is 32.8 Å². The number of anilines is 1. The van der Waals surface area contributed by atoms with E-state index in [1.54, 1.807) is 6.92 Å². The Morgan fingerprint density at radius 1 is 0.963 bits per heavy atom. The van der Waals surface area contributed by atoms with E-state index in [1.165, 1.54) is 5.56 Å². The Morgan fingerprint density at radius 3 is 2.41 bits per heavy atom. The highest BCUT2D eigenvalue weighted by Crippen LogP contribution is 2.19. The molecule has 3 rings (SSSR count). The average molecular weight is 361 g/mol. The second-order valence-electron chi connectivity index (χ2n) is 6.49. The smallest absolute Gasteiger partial charge is 0.311 e. The van der Waals surface area contributed by atoms with Crippen molar-refractivity contribution < 1.29 is 14.3 Å². The van der Waals surface area contributed by atoms with Gasteiger partial charge in [-0.25, -0.2) is 0 Å². The van der Waals surface area contributed by atoms with Gasteiger partial charge in [-0.2, -0.15) is 0 Å². The molecule has 0 aliphatic carbocycles. The molecule has 3 aromatic carbocycles. The summed E-state index contributed by atoms with van der Waals surface area (Å²) in [6.45, 7) is 3.65. The Morgan fingerprint density at radius 2 is 1.67 bits per heavy atom. The zero-order valence-corrected chi connectivity index (χ0v) is 15.6. The van der Waals surface area contributed by atoms with Crippen molar-refractivity contribution >= 4 is 28.3 Å². The van der Waals surface area contributed by atoms with Crippen LogP contribution in [0.5, 0.6) is 0 Å². The third-order valence-corrected chi connectivity index (χ3v) is 4.52. The molecule has 138 valence electrons. The molecule has 0 aliphatic heterocycles. The van der Waals surface area contributed by atoms with E-state index in [4.69, 9.17) is 4.74 Å². The molecule has 0 heterocycles. The highest BCUT2D eigenvalue weighted by Gasteiger charge is 2.18. The zero-order chi connectivity index (χ0) is 19.2. The molecule has 0 aliphatic rings. The van der Waals surface area contributed by atoms with Gasteiger partial charge in [0.15, 0.2) is 6.10 Å². The minimum absolute atomic E-state index is 0.129. The van der Waals surface area contributed by atoms with Crippen LogP contribution in [-0.2, 0) is 27.2 Å². The summed E-state index contributed by atoms with van der Waals surface area (Å²) in [7, 11) is 0. The number of esters is 1. The van der Waals surface area contributed by atoms with Gasteiger partial charge >= 0.3 is 5.97 Å². The minimum atomic E-state index is -0.863. The monoisotopic (exact) mass is 361 g/mol. The molecule has 4 nitrogen and oxygen atoms in total. The van der Waals surface area contributed by atoms with Crippen LogP contribution in [-0.4, -0.2) is 18.0 Å². The molecular formula is C23H23NO3. The Hall–Kier alpha value is -3.14. The van der Waals surface area contributed by atoms with E-state index in [2.05, 4.69) is 12.2 Å². The van der Waals surface area contributed by atoms with Crippen LogP contribution < -0.4 is 5.32 Å². The van der Waals surface area contributed by atoms with Crippen molar-refractivity contribution in [2.75, 3.05) is 5.32 Å². The van der Waals surface area contributed by atoms with Crippen molar-refractivity contribution in [1.29, 1.82) is 0 Å². The predicted octanol–water partition coefficient (Wildman–Crippen LogP) is 4.52. The topological polar surface area (TPSA) is 55.4 Å². The van der Waals surface area contributed by atoms with Crippen LogP contribution >= 0.6 is 0 Å². The lowest BCUT2D eigenvalue weighted by Crippen LogP contribution is -2.30. The maximum absolute atomic E-state index is 12.3. The van der Waals surface area contributed by atoms with Crippen LogP contribution in [0.3, 0.4) is 0 Å². The number of rotatable bonds is 6. The van der Waals surface area contributed by atoms with Crippen LogP contribution in [0.15, 0.2) is 66.7 Å². The average Bonchev–Trinajstić information content (AvgIpc) is 2.68. The van der Waals surface area contributed by atoms with Gasteiger partial charge in [0.2, 0.25) is 0 Å². The number of carbonyl (C=O) groups is 2. The number of benzene rings is 3. The van der Waals surface area contributed by atoms with Crippen LogP contribution in [0, 0.1) is 0 Å². The number of ether oxygens (including phenoxy) is 1. The first-order chi connectivity index (χ1) is 13.1. The summed E-state index contributed by atoms with van der Waals surface area (Å²) in [5.74, 6) is -0.763. The van der Waals surface area contributed by atoms with Gasteiger partial charge in [-0.15, -0.1) is 0 Å². The van der Waals surface area contributed by atoms with Crippen LogP contribution in [0.4, 0.5) is 5.69 Å². The van der Waals surface area contributed by atoms with E-state index < -0.39 is 12.1 Å². The van der Waals surface area contributed by atoms with Gasteiger partial charge in [0.1, 0.15) is 0 Å². The lowest BCUT2D eigenvalue weighted by molar-refractivity contribution is -0.152. The van der Waals surface area contributed by atoms with Crippen LogP contribution in [0.1, 0.15) is 25.0 Å². The standard InChI is InChI=1S/C23H23NO3/c1-3-17-11-13-20(14-12-17)24-23(26)16(2)27-22(25)15-19-9-6-8-18-7-4-5-10-21(18)19/h4-14,16H,3,15H2,1-2H3,(H,24,26)/t16-/m1/s1. The van der Waals surface area contributed by atoms with Gasteiger partial charge in [-0.05, 0) is 47.4 Å². The third kappa shape index (κ3) is 4.73. The first kappa shape index (κ1) is 18.6. The van der Waals surface area contributed by atoms with Gasteiger partial charge in [-0.3, -0.25) is 9.59 Å². The molecule has 0 unspecified atom stereocenters. The fraction of sp³-hybridized carbons (Fsp3) is 0.217. The Bertz CT molecular complexity index is 942. The van der Waals surface area contributed by atoms with Crippen molar-refractivity contribution in [3.63, 3.8) is 0 Å². The first-order valence-electron chi connectivity index (χ1n) is 9.12. The number of hydrogen-bond acceptors (Lipinski definition) is 3. The summed E-state index contributed by atoms with van der Waals surface area (Å²) in [5, 5.41) is 4.87. The number of carbonyl (C=O) groups excluding carboxylic acids is 2. The lowest BCUT2D eigenvalue weighted by atomic mass is 10.0. The maximum atomic E-state index is 12.3. The van der Waals surface area contributed by atoms with Crippen LogP contribution in [0.2, 0.25) is 0 Å². The molecule has 0 saturated carbocycles. The molecule has 1 N–H and O–H groups in total. The molecule has 1 atom stereocenters. The molecule has 0 spiro atoms. The molecule has 0 fully saturated rings. The fourth-order valence-corrected chi connectivity index (χ4v) is 2.96. The summed E-state index contributed by atoms with van der Waals surface area (Å²) in [5.41, 5.74) is 2.78. The zero-order valence-electron chi connectivity index (χ0n) is 15.6. The molecule has 1 amide bonds. The van der Waals surface area contributed by atoms with E-state index in [9.17, 15) is 9.59 Å². The van der Waals surface area contributed by atoms with Gasteiger partial charge in [-0.1, -0.05) is 61.5 Å². The number of aryl methyl sites for hydroxylation is 1. The number of hydrogen-bond donors (Lipinski definition) is 1. The summed E-state index contributed by atoms with van der Waals surface area (Å²) in [4.78, 5) is 24.6. The van der Waals surface area contributed by atoms with Crippen LogP contribution in [0.25, 0.3) is 10.8 Å². The van der Waals surface area contributed by atoms with Gasteiger partial charge < -0.3 is 10.1 Å². The minimum Gasteiger partial charge on any atom is -0.452 e. The Balaban J connectivity index is 1.60. The highest BCUT2D eigenvalue weighted by molar-refractivity contribution is 5.95. The first-order valence-corrected chi connectivity index (χ1v) is 9.12. The molecule has 0 radical (unpaired) electrons. The number of amides is 1. The summed E-state index contributed by atoms with van der Waals surface area (Å²) >= 11 is 0. The molecule has 4 heteroatoms. The SMILES string of the molecule is CCc1ccc(NC(=O)[C@@H](C)OC(=O)Cc2cccc3ccccc23)cc1. The van der Waals surface area contributed by atoms with E-state index in [-0.39, 0.29) is 12.3 Å². The predicted molar refractivity (Wildman–Crippen MR) is 108 cm³/mol. The van der Waals surface area contributed by atoms with Gasteiger partial charge in [0, 0.05) is 5.69 Å². The quantitative estimate of drug-likeness (QED) is 0.657. The summed E-state index contributed by atoms with van der Waals surface area (Å²) in [6.07, 6.45) is 0.207. The van der Waals surface area contributed by atoms with E-state index in [0.29, 0.717) is 5.69 Å². The second-order valence-corrected chi connectivity index (χ2v) is 6.49. The fourth-order valence-electron chi connectivity index (χ4n) is 2.96. The second kappa shape index (κ2) is 8.49. The molecule has 0 bridgehead atoms.